The number of carbonyl (C=O) groups is 2. The van der Waals surface area contributed by atoms with Crippen molar-refractivity contribution in [1.82, 2.24) is 5.32 Å². The number of thiophene rings is 1. The van der Waals surface area contributed by atoms with Gasteiger partial charge in [0, 0.05) is 24.3 Å². The molecule has 0 aliphatic carbocycles. The second-order valence-electron chi connectivity index (χ2n) is 6.73. The Balaban J connectivity index is 1.66. The van der Waals surface area contributed by atoms with Gasteiger partial charge >= 0.3 is 0 Å². The van der Waals surface area contributed by atoms with Crippen LogP contribution in [0.25, 0.3) is 0 Å². The summed E-state index contributed by atoms with van der Waals surface area (Å²) in [7, 11) is -1.14. The number of anilines is 2. The SMILES string of the molecule is COc1ccc(NS(=O)(=O)c2cc(NC(=O)CCNC(=O)c3cccs3)ccc2OC)cc1. The minimum absolute atomic E-state index is 0.0231. The molecular weight excluding hydrogens is 466 g/mol. The maximum Gasteiger partial charge on any atom is 0.265 e. The summed E-state index contributed by atoms with van der Waals surface area (Å²) in [6.07, 6.45) is 0.0231. The Hall–Kier alpha value is -3.57. The third-order valence-electron chi connectivity index (χ3n) is 4.46. The molecule has 0 spiro atoms. The fourth-order valence-electron chi connectivity index (χ4n) is 2.84. The van der Waals surface area contributed by atoms with Gasteiger partial charge in [-0.3, -0.25) is 14.3 Å². The van der Waals surface area contributed by atoms with Crippen molar-refractivity contribution >= 4 is 44.5 Å². The van der Waals surface area contributed by atoms with Crippen LogP contribution in [0.1, 0.15) is 16.1 Å². The van der Waals surface area contributed by atoms with E-state index in [1.54, 1.807) is 41.8 Å². The van der Waals surface area contributed by atoms with E-state index in [1.807, 2.05) is 0 Å². The number of amides is 2. The van der Waals surface area contributed by atoms with Crippen molar-refractivity contribution in [2.75, 3.05) is 30.8 Å². The van der Waals surface area contributed by atoms with Crippen molar-refractivity contribution in [2.45, 2.75) is 11.3 Å². The van der Waals surface area contributed by atoms with Crippen molar-refractivity contribution in [1.29, 1.82) is 0 Å². The highest BCUT2D eigenvalue weighted by atomic mass is 32.2. The molecule has 2 aromatic carbocycles. The van der Waals surface area contributed by atoms with Gasteiger partial charge in [0.1, 0.15) is 16.4 Å². The second kappa shape index (κ2) is 10.8. The number of sulfonamides is 1. The monoisotopic (exact) mass is 489 g/mol. The van der Waals surface area contributed by atoms with Gasteiger partial charge in [-0.1, -0.05) is 6.07 Å². The van der Waals surface area contributed by atoms with Gasteiger partial charge in [-0.25, -0.2) is 8.42 Å². The molecule has 0 aliphatic rings. The largest absolute Gasteiger partial charge is 0.497 e. The lowest BCUT2D eigenvalue weighted by atomic mass is 10.3. The average Bonchev–Trinajstić information content (AvgIpc) is 3.34. The van der Waals surface area contributed by atoms with Crippen LogP contribution in [0, 0.1) is 0 Å². The number of rotatable bonds is 10. The minimum atomic E-state index is -4.01. The minimum Gasteiger partial charge on any atom is -0.497 e. The van der Waals surface area contributed by atoms with Crippen LogP contribution in [-0.2, 0) is 14.8 Å². The Morgan fingerprint density at radius 1 is 0.970 bits per heavy atom. The molecule has 3 rings (SSSR count). The molecule has 0 aliphatic heterocycles. The molecule has 1 heterocycles. The first-order valence-electron chi connectivity index (χ1n) is 9.79. The van der Waals surface area contributed by atoms with E-state index in [4.69, 9.17) is 9.47 Å². The molecule has 11 heteroatoms. The Labute approximate surface area is 195 Å². The lowest BCUT2D eigenvalue weighted by Gasteiger charge is -2.14. The molecule has 0 atom stereocenters. The van der Waals surface area contributed by atoms with Crippen LogP contribution in [0.5, 0.6) is 11.5 Å². The third-order valence-corrected chi connectivity index (χ3v) is 6.73. The Bertz CT molecular complexity index is 1210. The lowest BCUT2D eigenvalue weighted by Crippen LogP contribution is -2.27. The molecule has 0 radical (unpaired) electrons. The summed E-state index contributed by atoms with van der Waals surface area (Å²) in [5.74, 6) is 0.0855. The number of ether oxygens (including phenoxy) is 2. The van der Waals surface area contributed by atoms with Gasteiger partial charge in [0.25, 0.3) is 15.9 Å². The van der Waals surface area contributed by atoms with E-state index in [0.29, 0.717) is 16.3 Å². The van der Waals surface area contributed by atoms with Gasteiger partial charge in [-0.2, -0.15) is 0 Å². The number of benzene rings is 2. The maximum absolute atomic E-state index is 13.0. The molecule has 2 amide bonds. The Kier molecular flexibility index (Phi) is 7.91. The third kappa shape index (κ3) is 6.46. The maximum atomic E-state index is 13.0. The second-order valence-corrected chi connectivity index (χ2v) is 9.33. The van der Waals surface area contributed by atoms with E-state index in [0.717, 1.165) is 0 Å². The fraction of sp³-hybridized carbons (Fsp3) is 0.182. The van der Waals surface area contributed by atoms with Crippen molar-refractivity contribution < 1.29 is 27.5 Å². The predicted molar refractivity (Wildman–Crippen MR) is 127 cm³/mol. The highest BCUT2D eigenvalue weighted by Gasteiger charge is 2.21. The molecule has 0 unspecified atom stereocenters. The quantitative estimate of drug-likeness (QED) is 0.402. The topological polar surface area (TPSA) is 123 Å². The number of nitrogens with one attached hydrogen (secondary N) is 3. The molecule has 0 fully saturated rings. The van der Waals surface area contributed by atoms with Crippen LogP contribution in [0.2, 0.25) is 0 Å². The van der Waals surface area contributed by atoms with Crippen LogP contribution in [0.3, 0.4) is 0 Å². The van der Waals surface area contributed by atoms with E-state index in [2.05, 4.69) is 15.4 Å². The summed E-state index contributed by atoms with van der Waals surface area (Å²) >= 11 is 1.31. The normalized spacial score (nSPS) is 10.8. The first-order valence-corrected chi connectivity index (χ1v) is 12.1. The van der Waals surface area contributed by atoms with Gasteiger partial charge < -0.3 is 20.1 Å². The van der Waals surface area contributed by atoms with Gasteiger partial charge in [0.05, 0.1) is 19.1 Å². The Morgan fingerprint density at radius 3 is 2.33 bits per heavy atom. The fourth-order valence-corrected chi connectivity index (χ4v) is 4.74. The van der Waals surface area contributed by atoms with Gasteiger partial charge in [-0.15, -0.1) is 11.3 Å². The highest BCUT2D eigenvalue weighted by molar-refractivity contribution is 7.92. The standard InChI is InChI=1S/C22H23N3O6S2/c1-30-17-8-5-15(6-9-17)25-33(28,29)20-14-16(7-10-18(20)31-2)24-21(26)11-12-23-22(27)19-4-3-13-32-19/h3-10,13-14,25H,11-12H2,1-2H3,(H,23,27)(H,24,26). The van der Waals surface area contributed by atoms with E-state index in [9.17, 15) is 18.0 Å². The summed E-state index contributed by atoms with van der Waals surface area (Å²) in [4.78, 5) is 24.6. The van der Waals surface area contributed by atoms with Gasteiger partial charge in [0.15, 0.2) is 0 Å². The van der Waals surface area contributed by atoms with Crippen LogP contribution in [0.15, 0.2) is 64.9 Å². The van der Waals surface area contributed by atoms with Crippen molar-refractivity contribution in [3.63, 3.8) is 0 Å². The zero-order valence-electron chi connectivity index (χ0n) is 18.0. The molecule has 0 bridgehead atoms. The molecule has 0 saturated heterocycles. The molecule has 1 aromatic heterocycles. The van der Waals surface area contributed by atoms with Gasteiger partial charge in [0.2, 0.25) is 5.91 Å². The van der Waals surface area contributed by atoms with Gasteiger partial charge in [-0.05, 0) is 53.9 Å². The molecule has 3 aromatic rings. The Morgan fingerprint density at radius 2 is 1.70 bits per heavy atom. The molecule has 9 nitrogen and oxygen atoms in total. The van der Waals surface area contributed by atoms with E-state index < -0.39 is 10.0 Å². The lowest BCUT2D eigenvalue weighted by molar-refractivity contribution is -0.116. The van der Waals surface area contributed by atoms with Crippen LogP contribution < -0.4 is 24.8 Å². The molecule has 174 valence electrons. The number of hydrogen-bond donors (Lipinski definition) is 3. The molecule has 0 saturated carbocycles. The summed E-state index contributed by atoms with van der Waals surface area (Å²) < 4.78 is 38.6. The summed E-state index contributed by atoms with van der Waals surface area (Å²) in [6, 6.07) is 14.2. The predicted octanol–water partition coefficient (Wildman–Crippen LogP) is 3.32. The van der Waals surface area contributed by atoms with E-state index in [1.165, 1.54) is 43.8 Å². The van der Waals surface area contributed by atoms with E-state index in [-0.39, 0.29) is 41.1 Å². The molecule has 33 heavy (non-hydrogen) atoms. The number of methoxy groups -OCH3 is 2. The average molecular weight is 490 g/mol. The highest BCUT2D eigenvalue weighted by Crippen LogP contribution is 2.29. The first kappa shape index (κ1) is 24.1. The number of hydrogen-bond acceptors (Lipinski definition) is 7. The zero-order chi connectivity index (χ0) is 23.8. The van der Waals surface area contributed by atoms with Crippen LogP contribution >= 0.6 is 11.3 Å². The van der Waals surface area contributed by atoms with Crippen molar-refractivity contribution in [2.24, 2.45) is 0 Å². The summed E-state index contributed by atoms with van der Waals surface area (Å²) in [5.41, 5.74) is 0.620. The zero-order valence-corrected chi connectivity index (χ0v) is 19.6. The summed E-state index contributed by atoms with van der Waals surface area (Å²) in [5, 5.41) is 7.10. The summed E-state index contributed by atoms with van der Waals surface area (Å²) in [6.45, 7) is 0.142. The van der Waals surface area contributed by atoms with Crippen LogP contribution in [-0.4, -0.2) is 41.0 Å². The van der Waals surface area contributed by atoms with Crippen LogP contribution in [0.4, 0.5) is 11.4 Å². The first-order chi connectivity index (χ1) is 15.8. The molecular formula is C22H23N3O6S2. The van der Waals surface area contributed by atoms with Crippen molar-refractivity contribution in [3.05, 3.63) is 64.9 Å². The van der Waals surface area contributed by atoms with Crippen molar-refractivity contribution in [3.8, 4) is 11.5 Å². The van der Waals surface area contributed by atoms with E-state index >= 15 is 0 Å². The number of carbonyl (C=O) groups excluding carboxylic acids is 2. The smallest absolute Gasteiger partial charge is 0.265 e. The molecule has 3 N–H and O–H groups in total.